The van der Waals surface area contributed by atoms with Crippen molar-refractivity contribution < 1.29 is 4.42 Å². The molecular weight excluding hydrogens is 380 g/mol. The fourth-order valence-electron chi connectivity index (χ4n) is 3.75. The summed E-state index contributed by atoms with van der Waals surface area (Å²) in [7, 11) is 2.09. The van der Waals surface area contributed by atoms with E-state index in [0.717, 1.165) is 41.4 Å². The van der Waals surface area contributed by atoms with E-state index < -0.39 is 0 Å². The lowest BCUT2D eigenvalue weighted by atomic mass is 10.1. The molecule has 5 nitrogen and oxygen atoms in total. The van der Waals surface area contributed by atoms with Gasteiger partial charge in [-0.05, 0) is 37.8 Å². The maximum absolute atomic E-state index is 6.04. The Labute approximate surface area is 176 Å². The average Bonchev–Trinajstić information content (AvgIpc) is 3.21. The highest BCUT2D eigenvalue weighted by molar-refractivity contribution is 7.71. The van der Waals surface area contributed by atoms with Crippen molar-refractivity contribution in [3.63, 3.8) is 0 Å². The fraction of sp³-hybridized carbons (Fsp3) is 0.304. The van der Waals surface area contributed by atoms with Crippen LogP contribution in [0.25, 0.3) is 11.0 Å². The van der Waals surface area contributed by atoms with Crippen molar-refractivity contribution >= 4 is 23.2 Å². The Hall–Kier alpha value is -2.70. The summed E-state index contributed by atoms with van der Waals surface area (Å²) in [6, 6.07) is 18.6. The maximum Gasteiger partial charge on any atom is 0.199 e. The van der Waals surface area contributed by atoms with Gasteiger partial charge in [0.15, 0.2) is 4.77 Å². The monoisotopic (exact) mass is 406 g/mol. The van der Waals surface area contributed by atoms with E-state index in [1.807, 2.05) is 41.9 Å². The van der Waals surface area contributed by atoms with Crippen molar-refractivity contribution in [2.45, 2.75) is 40.0 Å². The van der Waals surface area contributed by atoms with E-state index in [4.69, 9.17) is 21.7 Å². The number of nitrogens with zero attached hydrogens (tertiary/aromatic N) is 4. The Morgan fingerprint density at radius 1 is 1.07 bits per heavy atom. The lowest BCUT2D eigenvalue weighted by Crippen LogP contribution is -2.23. The summed E-state index contributed by atoms with van der Waals surface area (Å²) in [5.41, 5.74) is 3.42. The zero-order valence-corrected chi connectivity index (χ0v) is 17.9. The first-order chi connectivity index (χ1) is 14.1. The minimum Gasteiger partial charge on any atom is -0.461 e. The second kappa shape index (κ2) is 8.35. The molecule has 0 spiro atoms. The van der Waals surface area contributed by atoms with Gasteiger partial charge < -0.3 is 4.42 Å². The molecule has 0 aliphatic carbocycles. The number of furan rings is 1. The van der Waals surface area contributed by atoms with Gasteiger partial charge in [0.2, 0.25) is 0 Å². The van der Waals surface area contributed by atoms with E-state index in [0.29, 0.717) is 6.67 Å². The molecule has 2 aromatic carbocycles. The Morgan fingerprint density at radius 2 is 1.79 bits per heavy atom. The normalized spacial score (nSPS) is 11.6. The Bertz CT molecular complexity index is 1170. The van der Waals surface area contributed by atoms with Crippen LogP contribution in [0.4, 0.5) is 0 Å². The van der Waals surface area contributed by atoms with Crippen molar-refractivity contribution in [2.24, 2.45) is 0 Å². The summed E-state index contributed by atoms with van der Waals surface area (Å²) in [6.45, 7) is 6.29. The first-order valence-electron chi connectivity index (χ1n) is 9.92. The second-order valence-corrected chi connectivity index (χ2v) is 7.78. The lowest BCUT2D eigenvalue weighted by Gasteiger charge is -2.16. The van der Waals surface area contributed by atoms with Crippen LogP contribution in [-0.2, 0) is 26.2 Å². The molecule has 150 valence electrons. The number of hydrogen-bond donors (Lipinski definition) is 0. The molecule has 0 bridgehead atoms. The lowest BCUT2D eigenvalue weighted by molar-refractivity contribution is 0.242. The van der Waals surface area contributed by atoms with Gasteiger partial charge in [-0.15, -0.1) is 0 Å². The van der Waals surface area contributed by atoms with Crippen LogP contribution in [0, 0.1) is 11.7 Å². The Morgan fingerprint density at radius 3 is 2.55 bits per heavy atom. The molecule has 0 N–H and O–H groups in total. The highest BCUT2D eigenvalue weighted by Crippen LogP contribution is 2.27. The molecule has 29 heavy (non-hydrogen) atoms. The molecule has 2 heterocycles. The van der Waals surface area contributed by atoms with Crippen LogP contribution in [0.1, 0.15) is 29.6 Å². The zero-order chi connectivity index (χ0) is 20.4. The summed E-state index contributed by atoms with van der Waals surface area (Å²) in [5, 5.41) is 5.88. The van der Waals surface area contributed by atoms with Crippen molar-refractivity contribution in [1.29, 1.82) is 0 Å². The third kappa shape index (κ3) is 4.04. The number of aryl methyl sites for hydroxylation is 2. The third-order valence-electron chi connectivity index (χ3n) is 5.20. The number of fused-ring (bicyclic) bond motifs is 1. The van der Waals surface area contributed by atoms with Crippen molar-refractivity contribution in [3.05, 3.63) is 82.1 Å². The molecule has 0 atom stereocenters. The fourth-order valence-corrected chi connectivity index (χ4v) is 4.04. The summed E-state index contributed by atoms with van der Waals surface area (Å²) >= 11 is 5.72. The molecule has 6 heteroatoms. The molecule has 0 radical (unpaired) electrons. The van der Waals surface area contributed by atoms with E-state index in [2.05, 4.69) is 47.7 Å². The van der Waals surface area contributed by atoms with Gasteiger partial charge in [0, 0.05) is 23.9 Å². The highest BCUT2D eigenvalue weighted by Gasteiger charge is 2.16. The molecule has 2 aromatic heterocycles. The molecular formula is C23H26N4OS. The molecule has 4 aromatic rings. The number of hydrogen-bond acceptors (Lipinski definition) is 4. The minimum absolute atomic E-state index is 0.629. The number of para-hydroxylation sites is 1. The predicted octanol–water partition coefficient (Wildman–Crippen LogP) is 5.17. The van der Waals surface area contributed by atoms with Crippen LogP contribution < -0.4 is 0 Å². The van der Waals surface area contributed by atoms with Gasteiger partial charge in [0.1, 0.15) is 17.2 Å². The standard InChI is InChI=1S/C23H26N4OS/c1-4-21-20(19-12-8-9-13-22(19)28-21)15-25(3)16-27-23(29)26(17(2)24-27)14-18-10-6-5-7-11-18/h5-13H,4,14-16H2,1-3H3. The van der Waals surface area contributed by atoms with Crippen LogP contribution in [0.3, 0.4) is 0 Å². The minimum atomic E-state index is 0.629. The van der Waals surface area contributed by atoms with Crippen LogP contribution in [0.15, 0.2) is 59.0 Å². The molecule has 0 aliphatic rings. The first kappa shape index (κ1) is 19.6. The van der Waals surface area contributed by atoms with Gasteiger partial charge in [0.25, 0.3) is 0 Å². The highest BCUT2D eigenvalue weighted by atomic mass is 32.1. The van der Waals surface area contributed by atoms with E-state index in [1.165, 1.54) is 16.5 Å². The van der Waals surface area contributed by atoms with E-state index in [-0.39, 0.29) is 0 Å². The zero-order valence-electron chi connectivity index (χ0n) is 17.1. The molecule has 0 unspecified atom stereocenters. The van der Waals surface area contributed by atoms with E-state index in [9.17, 15) is 0 Å². The first-order valence-corrected chi connectivity index (χ1v) is 10.3. The summed E-state index contributed by atoms with van der Waals surface area (Å²) in [5.74, 6) is 1.97. The van der Waals surface area contributed by atoms with Crippen LogP contribution in [0.2, 0.25) is 0 Å². The summed E-state index contributed by atoms with van der Waals surface area (Å²) in [4.78, 5) is 2.23. The van der Waals surface area contributed by atoms with Crippen molar-refractivity contribution in [2.75, 3.05) is 7.05 Å². The molecule has 0 amide bonds. The van der Waals surface area contributed by atoms with Gasteiger partial charge in [-0.1, -0.05) is 55.5 Å². The van der Waals surface area contributed by atoms with Crippen LogP contribution in [-0.4, -0.2) is 26.3 Å². The van der Waals surface area contributed by atoms with E-state index in [1.54, 1.807) is 0 Å². The van der Waals surface area contributed by atoms with Crippen LogP contribution in [0.5, 0.6) is 0 Å². The predicted molar refractivity (Wildman–Crippen MR) is 118 cm³/mol. The molecule has 0 saturated carbocycles. The molecule has 4 rings (SSSR count). The number of benzene rings is 2. The molecule has 0 saturated heterocycles. The second-order valence-electron chi connectivity index (χ2n) is 7.41. The Kier molecular flexibility index (Phi) is 5.65. The van der Waals surface area contributed by atoms with Gasteiger partial charge >= 0.3 is 0 Å². The third-order valence-corrected chi connectivity index (χ3v) is 5.63. The van der Waals surface area contributed by atoms with Crippen molar-refractivity contribution in [3.8, 4) is 0 Å². The molecule has 0 aliphatic heterocycles. The van der Waals surface area contributed by atoms with Gasteiger partial charge in [-0.2, -0.15) is 5.10 Å². The van der Waals surface area contributed by atoms with Crippen LogP contribution >= 0.6 is 12.2 Å². The topological polar surface area (TPSA) is 39.1 Å². The maximum atomic E-state index is 6.04. The number of aromatic nitrogens is 3. The van der Waals surface area contributed by atoms with Gasteiger partial charge in [0.05, 0.1) is 13.2 Å². The Balaban J connectivity index is 1.55. The average molecular weight is 407 g/mol. The quantitative estimate of drug-likeness (QED) is 0.397. The van der Waals surface area contributed by atoms with Gasteiger partial charge in [-0.25, -0.2) is 4.68 Å². The summed E-state index contributed by atoms with van der Waals surface area (Å²) in [6.07, 6.45) is 0.877. The van der Waals surface area contributed by atoms with Crippen molar-refractivity contribution in [1.82, 2.24) is 19.2 Å². The SMILES string of the molecule is CCc1oc2ccccc2c1CN(C)Cn1nc(C)n(Cc2ccccc2)c1=S. The summed E-state index contributed by atoms with van der Waals surface area (Å²) < 4.78 is 10.8. The van der Waals surface area contributed by atoms with Gasteiger partial charge in [-0.3, -0.25) is 9.47 Å². The molecule has 0 fully saturated rings. The smallest absolute Gasteiger partial charge is 0.199 e. The number of rotatable bonds is 7. The van der Waals surface area contributed by atoms with E-state index >= 15 is 0 Å². The largest absolute Gasteiger partial charge is 0.461 e.